The number of hydrogen-bond donors (Lipinski definition) is 1. The summed E-state index contributed by atoms with van der Waals surface area (Å²) in [5, 5.41) is 0. The van der Waals surface area contributed by atoms with E-state index in [1.54, 1.807) is 0 Å². The van der Waals surface area contributed by atoms with Gasteiger partial charge in [0.2, 0.25) is 0 Å². The molecule has 0 amide bonds. The summed E-state index contributed by atoms with van der Waals surface area (Å²) >= 11 is 0. The van der Waals surface area contributed by atoms with Crippen molar-refractivity contribution in [3.05, 3.63) is 29.8 Å². The van der Waals surface area contributed by atoms with Gasteiger partial charge in [0.25, 0.3) is 0 Å². The highest BCUT2D eigenvalue weighted by Gasteiger charge is 2.29. The number of nitrogen functional groups attached to an aromatic ring is 1. The molecular weight excluding hydrogens is 212 g/mol. The molecule has 1 heterocycles. The minimum Gasteiger partial charge on any atom is -0.399 e. The Morgan fingerprint density at radius 1 is 1.29 bits per heavy atom. The highest BCUT2D eigenvalue weighted by atomic mass is 16.5. The molecule has 0 atom stereocenters. The fourth-order valence-corrected chi connectivity index (χ4v) is 2.25. The summed E-state index contributed by atoms with van der Waals surface area (Å²) in [5.74, 6) is 0. The molecule has 1 aromatic carbocycles. The molecule has 3 heteroatoms. The molecule has 0 radical (unpaired) electrons. The summed E-state index contributed by atoms with van der Waals surface area (Å²) in [7, 11) is 0. The lowest BCUT2D eigenvalue weighted by Crippen LogP contribution is -2.53. The molecule has 0 unspecified atom stereocenters. The molecule has 1 aliphatic heterocycles. The van der Waals surface area contributed by atoms with Gasteiger partial charge in [-0.2, -0.15) is 0 Å². The van der Waals surface area contributed by atoms with Crippen molar-refractivity contribution in [2.24, 2.45) is 0 Å². The maximum atomic E-state index is 5.68. The van der Waals surface area contributed by atoms with Crippen LogP contribution in [0.4, 0.5) is 5.69 Å². The molecular formula is C14H22N2O. The van der Waals surface area contributed by atoms with Gasteiger partial charge >= 0.3 is 0 Å². The van der Waals surface area contributed by atoms with Crippen LogP contribution < -0.4 is 5.73 Å². The van der Waals surface area contributed by atoms with E-state index in [0.717, 1.165) is 38.4 Å². The molecule has 0 bridgehead atoms. The van der Waals surface area contributed by atoms with Crippen LogP contribution in [0.1, 0.15) is 19.4 Å². The van der Waals surface area contributed by atoms with E-state index in [9.17, 15) is 0 Å². The summed E-state index contributed by atoms with van der Waals surface area (Å²) in [6, 6.07) is 8.17. The van der Waals surface area contributed by atoms with Crippen LogP contribution in [0, 0.1) is 0 Å². The van der Waals surface area contributed by atoms with Crippen molar-refractivity contribution < 1.29 is 4.74 Å². The number of anilines is 1. The number of hydrogen-bond acceptors (Lipinski definition) is 3. The molecule has 3 nitrogen and oxygen atoms in total. The van der Waals surface area contributed by atoms with E-state index < -0.39 is 0 Å². The molecule has 1 aliphatic rings. The summed E-state index contributed by atoms with van der Waals surface area (Å²) in [4.78, 5) is 2.51. The van der Waals surface area contributed by atoms with Gasteiger partial charge in [0.15, 0.2) is 0 Å². The third kappa shape index (κ3) is 3.20. The maximum absolute atomic E-state index is 5.68. The van der Waals surface area contributed by atoms with Crippen molar-refractivity contribution in [3.8, 4) is 0 Å². The number of nitrogens with zero attached hydrogens (tertiary/aromatic N) is 1. The third-order valence-electron chi connectivity index (χ3n) is 3.47. The van der Waals surface area contributed by atoms with E-state index in [4.69, 9.17) is 10.5 Å². The number of rotatable bonds is 3. The highest BCUT2D eigenvalue weighted by Crippen LogP contribution is 2.19. The van der Waals surface area contributed by atoms with Gasteiger partial charge < -0.3 is 10.5 Å². The minimum atomic E-state index is 0.159. The maximum Gasteiger partial charge on any atom is 0.0645 e. The third-order valence-corrected chi connectivity index (χ3v) is 3.47. The Bertz CT molecular complexity index is 359. The van der Waals surface area contributed by atoms with E-state index in [0.29, 0.717) is 0 Å². The summed E-state index contributed by atoms with van der Waals surface area (Å²) in [6.07, 6.45) is 1.07. The first-order valence-corrected chi connectivity index (χ1v) is 6.25. The number of ether oxygens (including phenoxy) is 1. The zero-order valence-corrected chi connectivity index (χ0v) is 10.8. The van der Waals surface area contributed by atoms with Gasteiger partial charge in [-0.1, -0.05) is 12.1 Å². The van der Waals surface area contributed by atoms with E-state index in [1.807, 2.05) is 12.1 Å². The largest absolute Gasteiger partial charge is 0.399 e. The molecule has 0 spiro atoms. The minimum absolute atomic E-state index is 0.159. The first-order valence-electron chi connectivity index (χ1n) is 6.25. The first kappa shape index (κ1) is 12.4. The van der Waals surface area contributed by atoms with Crippen LogP contribution in [-0.2, 0) is 11.2 Å². The van der Waals surface area contributed by atoms with Crippen molar-refractivity contribution in [2.45, 2.75) is 25.8 Å². The smallest absolute Gasteiger partial charge is 0.0645 e. The predicted molar refractivity (Wildman–Crippen MR) is 71.0 cm³/mol. The van der Waals surface area contributed by atoms with Crippen LogP contribution in [0.2, 0.25) is 0 Å². The number of benzene rings is 1. The molecule has 1 aromatic rings. The summed E-state index contributed by atoms with van der Waals surface area (Å²) in [6.45, 7) is 8.28. The average Bonchev–Trinajstić information content (AvgIpc) is 2.29. The van der Waals surface area contributed by atoms with Gasteiger partial charge in [-0.3, -0.25) is 4.90 Å². The monoisotopic (exact) mass is 234 g/mol. The van der Waals surface area contributed by atoms with Crippen molar-refractivity contribution >= 4 is 5.69 Å². The Morgan fingerprint density at radius 3 is 2.65 bits per heavy atom. The molecule has 1 fully saturated rings. The van der Waals surface area contributed by atoms with Crippen molar-refractivity contribution in [3.63, 3.8) is 0 Å². The van der Waals surface area contributed by atoms with E-state index in [1.165, 1.54) is 5.56 Å². The Hall–Kier alpha value is -1.06. The SMILES string of the molecule is CC1(C)COCCN1CCc1ccc(N)cc1. The van der Waals surface area contributed by atoms with E-state index in [2.05, 4.69) is 30.9 Å². The van der Waals surface area contributed by atoms with Gasteiger partial charge in [-0.25, -0.2) is 0 Å². The van der Waals surface area contributed by atoms with Crippen LogP contribution >= 0.6 is 0 Å². The van der Waals surface area contributed by atoms with E-state index in [-0.39, 0.29) is 5.54 Å². The Morgan fingerprint density at radius 2 is 2.00 bits per heavy atom. The molecule has 2 rings (SSSR count). The Balaban J connectivity index is 1.91. The Labute approximate surface area is 104 Å². The van der Waals surface area contributed by atoms with Gasteiger partial charge in [-0.15, -0.1) is 0 Å². The first-order chi connectivity index (χ1) is 8.08. The van der Waals surface area contributed by atoms with Crippen LogP contribution in [0.3, 0.4) is 0 Å². The Kier molecular flexibility index (Phi) is 3.69. The number of morpholine rings is 1. The topological polar surface area (TPSA) is 38.5 Å². The second-order valence-electron chi connectivity index (χ2n) is 5.34. The molecule has 0 saturated carbocycles. The zero-order valence-electron chi connectivity index (χ0n) is 10.8. The summed E-state index contributed by atoms with van der Waals surface area (Å²) in [5.41, 5.74) is 8.02. The summed E-state index contributed by atoms with van der Waals surface area (Å²) < 4.78 is 5.52. The van der Waals surface area contributed by atoms with Crippen molar-refractivity contribution in [1.82, 2.24) is 4.90 Å². The quantitative estimate of drug-likeness (QED) is 0.812. The van der Waals surface area contributed by atoms with Crippen LogP contribution in [0.5, 0.6) is 0 Å². The lowest BCUT2D eigenvalue weighted by atomic mass is 10.0. The zero-order chi connectivity index (χ0) is 12.3. The molecule has 0 aromatic heterocycles. The van der Waals surface area contributed by atoms with Gasteiger partial charge in [-0.05, 0) is 38.0 Å². The molecule has 94 valence electrons. The second kappa shape index (κ2) is 5.07. The van der Waals surface area contributed by atoms with Crippen LogP contribution in [-0.4, -0.2) is 36.7 Å². The van der Waals surface area contributed by atoms with Gasteiger partial charge in [0, 0.05) is 24.3 Å². The van der Waals surface area contributed by atoms with E-state index >= 15 is 0 Å². The van der Waals surface area contributed by atoms with Crippen LogP contribution in [0.25, 0.3) is 0 Å². The van der Waals surface area contributed by atoms with Gasteiger partial charge in [0.05, 0.1) is 13.2 Å². The van der Waals surface area contributed by atoms with Crippen molar-refractivity contribution in [2.75, 3.05) is 32.0 Å². The second-order valence-corrected chi connectivity index (χ2v) is 5.34. The molecule has 17 heavy (non-hydrogen) atoms. The fraction of sp³-hybridized carbons (Fsp3) is 0.571. The molecule has 2 N–H and O–H groups in total. The standard InChI is InChI=1S/C14H22N2O/c1-14(2)11-17-10-9-16(14)8-7-12-3-5-13(15)6-4-12/h3-6H,7-11,15H2,1-2H3. The predicted octanol–water partition coefficient (Wildman–Crippen LogP) is 1.92. The normalized spacial score (nSPS) is 20.4. The fourth-order valence-electron chi connectivity index (χ4n) is 2.25. The lowest BCUT2D eigenvalue weighted by molar-refractivity contribution is -0.0501. The molecule has 1 saturated heterocycles. The van der Waals surface area contributed by atoms with Crippen LogP contribution in [0.15, 0.2) is 24.3 Å². The lowest BCUT2D eigenvalue weighted by Gasteiger charge is -2.42. The van der Waals surface area contributed by atoms with Crippen molar-refractivity contribution in [1.29, 1.82) is 0 Å². The average molecular weight is 234 g/mol. The molecule has 0 aliphatic carbocycles. The highest BCUT2D eigenvalue weighted by molar-refractivity contribution is 5.39. The number of nitrogens with two attached hydrogens (primary N) is 1. The van der Waals surface area contributed by atoms with Gasteiger partial charge in [0.1, 0.15) is 0 Å².